The Labute approximate surface area is 120 Å². The van der Waals surface area contributed by atoms with Crippen LogP contribution in [0.1, 0.15) is 27.0 Å². The molecule has 19 heavy (non-hydrogen) atoms. The number of halogens is 2. The molecule has 2 aromatic carbocycles. The Balaban J connectivity index is 2.31. The topological polar surface area (TPSA) is 17.1 Å². The second-order valence-electron chi connectivity index (χ2n) is 4.61. The first-order valence-electron chi connectivity index (χ1n) is 6.02. The first-order chi connectivity index (χ1) is 8.99. The smallest absolute Gasteiger partial charge is 0.167 e. The summed E-state index contributed by atoms with van der Waals surface area (Å²) in [6.45, 7) is 3.82. The van der Waals surface area contributed by atoms with Crippen molar-refractivity contribution < 1.29 is 9.18 Å². The predicted molar refractivity (Wildman–Crippen MR) is 78.1 cm³/mol. The first-order valence-corrected chi connectivity index (χ1v) is 6.81. The summed E-state index contributed by atoms with van der Waals surface area (Å²) < 4.78 is 14.5. The molecule has 0 N–H and O–H groups in total. The van der Waals surface area contributed by atoms with E-state index in [4.69, 9.17) is 0 Å². The van der Waals surface area contributed by atoms with Crippen molar-refractivity contribution >= 4 is 21.7 Å². The molecule has 0 radical (unpaired) electrons. The van der Waals surface area contributed by atoms with Gasteiger partial charge in [-0.3, -0.25) is 4.79 Å². The number of benzene rings is 2. The fourth-order valence-corrected chi connectivity index (χ4v) is 2.45. The summed E-state index contributed by atoms with van der Waals surface area (Å²) in [4.78, 5) is 12.3. The second-order valence-corrected chi connectivity index (χ2v) is 5.46. The van der Waals surface area contributed by atoms with E-state index >= 15 is 0 Å². The number of rotatable bonds is 3. The van der Waals surface area contributed by atoms with E-state index in [1.54, 1.807) is 18.2 Å². The summed E-state index contributed by atoms with van der Waals surface area (Å²) in [5.74, 6) is -0.388. The van der Waals surface area contributed by atoms with Crippen molar-refractivity contribution in [2.24, 2.45) is 0 Å². The third-order valence-electron chi connectivity index (χ3n) is 3.11. The summed E-state index contributed by atoms with van der Waals surface area (Å²) in [6, 6.07) is 10.2. The largest absolute Gasteiger partial charge is 0.294 e. The predicted octanol–water partition coefficient (Wildman–Crippen LogP) is 4.63. The molecule has 0 aliphatic carbocycles. The first kappa shape index (κ1) is 13.9. The fraction of sp³-hybridized carbons (Fsp3) is 0.188. The molecule has 0 saturated carbocycles. The van der Waals surface area contributed by atoms with Gasteiger partial charge in [0.1, 0.15) is 5.82 Å². The molecule has 0 aromatic heterocycles. The number of carbonyl (C=O) groups excluding carboxylic acids is 1. The van der Waals surface area contributed by atoms with Crippen molar-refractivity contribution in [2.45, 2.75) is 20.3 Å². The van der Waals surface area contributed by atoms with Crippen molar-refractivity contribution in [3.8, 4) is 0 Å². The highest BCUT2D eigenvalue weighted by Gasteiger charge is 2.13. The standard InChI is InChI=1S/C16H14BrFO/c1-10-8-14(17)11(2)7-13(10)16(19)9-12-5-3-4-6-15(12)18/h3-8H,9H2,1-2H3. The molecule has 2 rings (SSSR count). The zero-order chi connectivity index (χ0) is 14.0. The van der Waals surface area contributed by atoms with Gasteiger partial charge in [-0.2, -0.15) is 0 Å². The van der Waals surface area contributed by atoms with Gasteiger partial charge in [0.05, 0.1) is 0 Å². The number of hydrogen-bond donors (Lipinski definition) is 0. The van der Waals surface area contributed by atoms with Gasteiger partial charge in [0.15, 0.2) is 5.78 Å². The van der Waals surface area contributed by atoms with Crippen LogP contribution in [0.15, 0.2) is 40.9 Å². The van der Waals surface area contributed by atoms with Crippen LogP contribution in [0, 0.1) is 19.7 Å². The fourth-order valence-electron chi connectivity index (χ4n) is 1.99. The highest BCUT2D eigenvalue weighted by molar-refractivity contribution is 9.10. The molecule has 0 bridgehead atoms. The van der Waals surface area contributed by atoms with E-state index in [0.717, 1.165) is 15.6 Å². The zero-order valence-electron chi connectivity index (χ0n) is 10.8. The lowest BCUT2D eigenvalue weighted by molar-refractivity contribution is 0.0991. The van der Waals surface area contributed by atoms with Crippen molar-refractivity contribution in [3.63, 3.8) is 0 Å². The van der Waals surface area contributed by atoms with E-state index in [2.05, 4.69) is 15.9 Å². The van der Waals surface area contributed by atoms with Crippen LogP contribution >= 0.6 is 15.9 Å². The molecule has 0 saturated heterocycles. The minimum Gasteiger partial charge on any atom is -0.294 e. The summed E-state index contributed by atoms with van der Waals surface area (Å²) in [5, 5.41) is 0. The molecule has 0 unspecified atom stereocenters. The molecule has 98 valence electrons. The molecule has 0 heterocycles. The van der Waals surface area contributed by atoms with Gasteiger partial charge in [-0.05, 0) is 48.7 Å². The Morgan fingerprint density at radius 2 is 1.84 bits per heavy atom. The summed E-state index contributed by atoms with van der Waals surface area (Å²) in [6.07, 6.45) is 0.0919. The van der Waals surface area contributed by atoms with E-state index in [1.165, 1.54) is 6.07 Å². The van der Waals surface area contributed by atoms with Gasteiger partial charge in [0.25, 0.3) is 0 Å². The minimum atomic E-state index is -0.331. The van der Waals surface area contributed by atoms with Crippen LogP contribution in [0.5, 0.6) is 0 Å². The summed E-state index contributed by atoms with van der Waals surface area (Å²) >= 11 is 3.44. The van der Waals surface area contributed by atoms with Crippen LogP contribution in [0.2, 0.25) is 0 Å². The highest BCUT2D eigenvalue weighted by atomic mass is 79.9. The molecule has 0 amide bonds. The molecule has 0 aliphatic heterocycles. The molecular weight excluding hydrogens is 307 g/mol. The molecule has 0 fully saturated rings. The Hall–Kier alpha value is -1.48. The molecule has 0 atom stereocenters. The van der Waals surface area contributed by atoms with Crippen molar-refractivity contribution in [3.05, 3.63) is 68.9 Å². The summed E-state index contributed by atoms with van der Waals surface area (Å²) in [7, 11) is 0. The van der Waals surface area contributed by atoms with Crippen molar-refractivity contribution in [1.29, 1.82) is 0 Å². The lowest BCUT2D eigenvalue weighted by atomic mass is 9.97. The second kappa shape index (κ2) is 5.66. The van der Waals surface area contributed by atoms with E-state index in [-0.39, 0.29) is 18.0 Å². The molecule has 1 nitrogen and oxygen atoms in total. The molecular formula is C16H14BrFO. The Bertz CT molecular complexity index is 635. The zero-order valence-corrected chi connectivity index (χ0v) is 12.4. The quantitative estimate of drug-likeness (QED) is 0.753. The number of ketones is 1. The third-order valence-corrected chi connectivity index (χ3v) is 3.97. The van der Waals surface area contributed by atoms with Crippen LogP contribution in [-0.2, 0) is 6.42 Å². The van der Waals surface area contributed by atoms with E-state index in [0.29, 0.717) is 11.1 Å². The van der Waals surface area contributed by atoms with Crippen LogP contribution in [0.4, 0.5) is 4.39 Å². The summed E-state index contributed by atoms with van der Waals surface area (Å²) in [5.41, 5.74) is 3.00. The van der Waals surface area contributed by atoms with Gasteiger partial charge >= 0.3 is 0 Å². The lowest BCUT2D eigenvalue weighted by Crippen LogP contribution is -2.07. The van der Waals surface area contributed by atoms with E-state index in [1.807, 2.05) is 26.0 Å². The van der Waals surface area contributed by atoms with Gasteiger partial charge in [0.2, 0.25) is 0 Å². The SMILES string of the molecule is Cc1cc(C(=O)Cc2ccccc2F)c(C)cc1Br. The maximum atomic E-state index is 13.5. The Morgan fingerprint density at radius 3 is 2.53 bits per heavy atom. The lowest BCUT2D eigenvalue weighted by Gasteiger charge is -2.08. The molecule has 2 aromatic rings. The van der Waals surface area contributed by atoms with E-state index in [9.17, 15) is 9.18 Å². The van der Waals surface area contributed by atoms with Gasteiger partial charge in [-0.1, -0.05) is 34.1 Å². The van der Waals surface area contributed by atoms with Crippen molar-refractivity contribution in [2.75, 3.05) is 0 Å². The minimum absolute atomic E-state index is 0.0572. The van der Waals surface area contributed by atoms with Crippen LogP contribution < -0.4 is 0 Å². The highest BCUT2D eigenvalue weighted by Crippen LogP contribution is 2.22. The average Bonchev–Trinajstić information content (AvgIpc) is 2.36. The van der Waals surface area contributed by atoms with Gasteiger partial charge in [0, 0.05) is 16.5 Å². The van der Waals surface area contributed by atoms with Crippen LogP contribution in [0.3, 0.4) is 0 Å². The van der Waals surface area contributed by atoms with Crippen LogP contribution in [-0.4, -0.2) is 5.78 Å². The van der Waals surface area contributed by atoms with Crippen molar-refractivity contribution in [1.82, 2.24) is 0 Å². The normalized spacial score (nSPS) is 10.5. The molecule has 0 spiro atoms. The monoisotopic (exact) mass is 320 g/mol. The number of aryl methyl sites for hydroxylation is 2. The Morgan fingerprint density at radius 1 is 1.16 bits per heavy atom. The van der Waals surface area contributed by atoms with Gasteiger partial charge < -0.3 is 0 Å². The molecule has 0 aliphatic rings. The Kier molecular flexibility index (Phi) is 4.15. The van der Waals surface area contributed by atoms with Gasteiger partial charge in [-0.25, -0.2) is 4.39 Å². The average molecular weight is 321 g/mol. The van der Waals surface area contributed by atoms with Crippen LogP contribution in [0.25, 0.3) is 0 Å². The maximum Gasteiger partial charge on any atom is 0.167 e. The van der Waals surface area contributed by atoms with E-state index < -0.39 is 0 Å². The number of carbonyl (C=O) groups is 1. The number of hydrogen-bond acceptors (Lipinski definition) is 1. The number of Topliss-reactive ketones (excluding diaryl/α,β-unsaturated/α-hetero) is 1. The molecule has 3 heteroatoms. The van der Waals surface area contributed by atoms with Gasteiger partial charge in [-0.15, -0.1) is 0 Å². The third kappa shape index (κ3) is 3.10. The maximum absolute atomic E-state index is 13.5.